The van der Waals surface area contributed by atoms with E-state index in [1.807, 2.05) is 0 Å². The maximum absolute atomic E-state index is 12.9. The van der Waals surface area contributed by atoms with Gasteiger partial charge in [-0.1, -0.05) is 30.3 Å². The molecule has 0 aliphatic heterocycles. The van der Waals surface area contributed by atoms with Crippen LogP contribution in [0.5, 0.6) is 0 Å². The van der Waals surface area contributed by atoms with Crippen LogP contribution in [0.25, 0.3) is 0 Å². The number of carbonyl (C=O) groups is 2. The van der Waals surface area contributed by atoms with E-state index in [0.29, 0.717) is 22.4 Å². The molecule has 1 heterocycles. The number of hydrogen-bond acceptors (Lipinski definition) is 5. The second-order valence-corrected chi connectivity index (χ2v) is 7.28. The van der Waals surface area contributed by atoms with Gasteiger partial charge in [-0.05, 0) is 29.3 Å². The van der Waals surface area contributed by atoms with Crippen molar-refractivity contribution in [3.63, 3.8) is 0 Å². The Labute approximate surface area is 192 Å². The molecule has 11 heteroatoms. The largest absolute Gasteiger partial charge is 0.465 e. The van der Waals surface area contributed by atoms with Gasteiger partial charge in [0.05, 0.1) is 37.7 Å². The highest BCUT2D eigenvalue weighted by molar-refractivity contribution is 6.04. The van der Waals surface area contributed by atoms with E-state index in [0.717, 1.165) is 0 Å². The first-order valence-electron chi connectivity index (χ1n) is 10.0. The van der Waals surface area contributed by atoms with E-state index in [1.165, 1.54) is 42.3 Å². The van der Waals surface area contributed by atoms with E-state index in [2.05, 4.69) is 15.2 Å². The molecule has 0 radical (unpaired) electrons. The third kappa shape index (κ3) is 6.41. The highest BCUT2D eigenvalue weighted by Crippen LogP contribution is 2.23. The van der Waals surface area contributed by atoms with E-state index in [-0.39, 0.29) is 18.7 Å². The average molecular weight is 479 g/mol. The van der Waals surface area contributed by atoms with Gasteiger partial charge in [0.2, 0.25) is 0 Å². The third-order valence-electron chi connectivity index (χ3n) is 4.72. The summed E-state index contributed by atoms with van der Waals surface area (Å²) >= 11 is 0. The van der Waals surface area contributed by atoms with Crippen LogP contribution in [0.2, 0.25) is 0 Å². The number of aromatic nitrogens is 2. The number of anilines is 1. The Morgan fingerprint density at radius 2 is 1.91 bits per heavy atom. The van der Waals surface area contributed by atoms with Crippen molar-refractivity contribution in [2.24, 2.45) is 0 Å². The molecule has 0 bridgehead atoms. The number of hydrogen-bond donors (Lipinski definition) is 1. The van der Waals surface area contributed by atoms with Crippen molar-refractivity contribution in [1.82, 2.24) is 9.78 Å². The van der Waals surface area contributed by atoms with Gasteiger partial charge in [-0.2, -0.15) is 13.9 Å². The molecule has 7 nitrogen and oxygen atoms in total. The summed E-state index contributed by atoms with van der Waals surface area (Å²) in [5, 5.41) is 6.84. The minimum absolute atomic E-state index is 0.213. The zero-order valence-electron chi connectivity index (χ0n) is 18.0. The number of methoxy groups -OCH3 is 1. The molecule has 1 aromatic heterocycles. The molecule has 34 heavy (non-hydrogen) atoms. The number of amides is 1. The molecular weight excluding hydrogens is 458 g/mol. The van der Waals surface area contributed by atoms with E-state index in [9.17, 15) is 27.2 Å². The summed E-state index contributed by atoms with van der Waals surface area (Å²) in [5.41, 5.74) is 2.05. The first kappa shape index (κ1) is 24.9. The van der Waals surface area contributed by atoms with Crippen molar-refractivity contribution < 1.29 is 36.6 Å². The molecule has 1 N–H and O–H groups in total. The minimum atomic E-state index is -4.24. The number of alkyl halides is 4. The van der Waals surface area contributed by atoms with Crippen molar-refractivity contribution in [3.8, 4) is 0 Å². The van der Waals surface area contributed by atoms with Crippen molar-refractivity contribution in [2.45, 2.75) is 25.5 Å². The number of nitrogens with zero attached hydrogens (tertiary/aromatic N) is 2. The topological polar surface area (TPSA) is 82.5 Å². The summed E-state index contributed by atoms with van der Waals surface area (Å²) in [7, 11) is 1.29. The molecule has 1 amide bonds. The lowest BCUT2D eigenvalue weighted by molar-refractivity contribution is -0.168. The van der Waals surface area contributed by atoms with Crippen LogP contribution < -0.4 is 5.32 Å². The molecule has 3 rings (SSSR count). The van der Waals surface area contributed by atoms with E-state index in [4.69, 9.17) is 4.74 Å². The van der Waals surface area contributed by atoms with E-state index >= 15 is 0 Å². The van der Waals surface area contributed by atoms with E-state index in [1.54, 1.807) is 30.5 Å². The Morgan fingerprint density at radius 3 is 2.65 bits per heavy atom. The number of rotatable bonds is 10. The Balaban J connectivity index is 1.61. The lowest BCUT2D eigenvalue weighted by Crippen LogP contribution is -2.32. The Bertz CT molecular complexity index is 1150. The van der Waals surface area contributed by atoms with Crippen molar-refractivity contribution >= 4 is 17.6 Å². The molecule has 0 saturated carbocycles. The SMILES string of the molecule is COC(=O)c1ccccc1Cn1cc(NC(=O)c2cccc(COCC(F)(F)C(F)F)c2)cn1. The smallest absolute Gasteiger partial charge is 0.338 e. The highest BCUT2D eigenvalue weighted by atomic mass is 19.3. The number of halogens is 4. The van der Waals surface area contributed by atoms with Gasteiger partial charge in [0.1, 0.15) is 6.61 Å². The van der Waals surface area contributed by atoms with Crippen LogP contribution in [0, 0.1) is 0 Å². The number of benzene rings is 2. The molecular formula is C23H21F4N3O4. The predicted octanol–water partition coefficient (Wildman–Crippen LogP) is 4.39. The van der Waals surface area contributed by atoms with Gasteiger partial charge >= 0.3 is 18.3 Å². The zero-order valence-corrected chi connectivity index (χ0v) is 18.0. The molecule has 0 atom stereocenters. The maximum Gasteiger partial charge on any atom is 0.338 e. The predicted molar refractivity (Wildman–Crippen MR) is 114 cm³/mol. The average Bonchev–Trinajstić information content (AvgIpc) is 3.25. The van der Waals surface area contributed by atoms with Crippen LogP contribution in [0.1, 0.15) is 31.8 Å². The Morgan fingerprint density at radius 1 is 1.15 bits per heavy atom. The van der Waals surface area contributed by atoms with Gasteiger partial charge in [0, 0.05) is 11.8 Å². The van der Waals surface area contributed by atoms with Crippen LogP contribution in [0.3, 0.4) is 0 Å². The molecule has 0 fully saturated rings. The fraction of sp³-hybridized carbons (Fsp3) is 0.261. The molecule has 0 aliphatic rings. The first-order valence-corrected chi connectivity index (χ1v) is 10.0. The molecule has 2 aromatic carbocycles. The van der Waals surface area contributed by atoms with Crippen molar-refractivity contribution in [1.29, 1.82) is 0 Å². The summed E-state index contributed by atoms with van der Waals surface area (Å²) in [4.78, 5) is 24.5. The zero-order chi connectivity index (χ0) is 24.7. The van der Waals surface area contributed by atoms with Crippen molar-refractivity contribution in [2.75, 3.05) is 19.0 Å². The normalized spacial score (nSPS) is 11.5. The highest BCUT2D eigenvalue weighted by Gasteiger charge is 2.40. The van der Waals surface area contributed by atoms with Crippen LogP contribution in [0.4, 0.5) is 23.2 Å². The van der Waals surface area contributed by atoms with Gasteiger partial charge in [0.15, 0.2) is 0 Å². The second-order valence-electron chi connectivity index (χ2n) is 7.28. The molecule has 0 aliphatic carbocycles. The summed E-state index contributed by atoms with van der Waals surface area (Å²) in [6.45, 7) is -1.53. The van der Waals surface area contributed by atoms with Gasteiger partial charge < -0.3 is 14.8 Å². The standard InChI is InChI=1S/C23H21F4N3O4/c1-33-21(32)19-8-3-2-6-17(19)11-30-12-18(10-28-30)29-20(31)16-7-4-5-15(9-16)13-34-14-23(26,27)22(24)25/h2-10,12,22H,11,13-14H2,1H3,(H,29,31). The first-order chi connectivity index (χ1) is 16.2. The quantitative estimate of drug-likeness (QED) is 0.345. The molecule has 3 aromatic rings. The van der Waals surface area contributed by atoms with Crippen LogP contribution in [-0.4, -0.2) is 47.7 Å². The number of carbonyl (C=O) groups excluding carboxylic acids is 2. The molecule has 0 spiro atoms. The van der Waals surface area contributed by atoms with Gasteiger partial charge in [0.25, 0.3) is 5.91 Å². The second kappa shape index (κ2) is 10.9. The van der Waals surface area contributed by atoms with Gasteiger partial charge in [-0.15, -0.1) is 0 Å². The maximum atomic E-state index is 12.9. The third-order valence-corrected chi connectivity index (χ3v) is 4.72. The fourth-order valence-electron chi connectivity index (χ4n) is 3.03. The van der Waals surface area contributed by atoms with Crippen LogP contribution >= 0.6 is 0 Å². The number of esters is 1. The Hall–Kier alpha value is -3.73. The minimum Gasteiger partial charge on any atom is -0.465 e. The van der Waals surface area contributed by atoms with Crippen LogP contribution in [-0.2, 0) is 22.6 Å². The molecule has 0 saturated heterocycles. The van der Waals surface area contributed by atoms with Crippen LogP contribution in [0.15, 0.2) is 60.9 Å². The lowest BCUT2D eigenvalue weighted by atomic mass is 10.1. The molecule has 0 unspecified atom stereocenters. The van der Waals surface area contributed by atoms with Crippen molar-refractivity contribution in [3.05, 3.63) is 83.2 Å². The lowest BCUT2D eigenvalue weighted by Gasteiger charge is -2.15. The summed E-state index contributed by atoms with van der Waals surface area (Å²) in [6, 6.07) is 12.8. The summed E-state index contributed by atoms with van der Waals surface area (Å²) < 4.78 is 61.3. The fourth-order valence-corrected chi connectivity index (χ4v) is 3.03. The number of nitrogens with one attached hydrogen (secondary N) is 1. The van der Waals surface area contributed by atoms with E-state index < -0.39 is 30.8 Å². The van der Waals surface area contributed by atoms with Gasteiger partial charge in [-0.3, -0.25) is 9.48 Å². The van der Waals surface area contributed by atoms with Gasteiger partial charge in [-0.25, -0.2) is 13.6 Å². The summed E-state index contributed by atoms with van der Waals surface area (Å²) in [5.74, 6) is -5.21. The Kier molecular flexibility index (Phi) is 8.00. The number of ether oxygens (including phenoxy) is 2. The summed E-state index contributed by atoms with van der Waals surface area (Å²) in [6.07, 6.45) is -0.817. The molecule has 180 valence electrons. The monoisotopic (exact) mass is 479 g/mol.